The van der Waals surface area contributed by atoms with Gasteiger partial charge in [0.2, 0.25) is 0 Å². The van der Waals surface area contributed by atoms with Crippen molar-refractivity contribution < 1.29 is 14.3 Å². The Bertz CT molecular complexity index is 460. The van der Waals surface area contributed by atoms with Crippen LogP contribution in [0.1, 0.15) is 23.6 Å². The van der Waals surface area contributed by atoms with Crippen molar-refractivity contribution in [2.24, 2.45) is 0 Å². The number of methoxy groups -OCH3 is 1. The molecule has 0 saturated carbocycles. The minimum Gasteiger partial charge on any atom is -0.496 e. The van der Waals surface area contributed by atoms with Gasteiger partial charge in [0.15, 0.2) is 0 Å². The second-order valence-corrected chi connectivity index (χ2v) is 3.54. The Hall–Kier alpha value is -2.02. The highest BCUT2D eigenvalue weighted by atomic mass is 16.5. The molecule has 0 N–H and O–H groups in total. The number of rotatable bonds is 4. The Morgan fingerprint density at radius 3 is 2.71 bits per heavy atom. The van der Waals surface area contributed by atoms with Crippen molar-refractivity contribution in [1.82, 2.24) is 0 Å². The molecule has 0 bridgehead atoms. The molecule has 0 aliphatic carbocycles. The summed E-state index contributed by atoms with van der Waals surface area (Å²) in [5, 5.41) is 9.01. The predicted octanol–water partition coefficient (Wildman–Crippen LogP) is 1.98. The van der Waals surface area contributed by atoms with Crippen LogP contribution in [0.15, 0.2) is 12.1 Å². The number of aryl methyl sites for hydroxylation is 1. The van der Waals surface area contributed by atoms with E-state index in [9.17, 15) is 4.79 Å². The molecule has 0 spiro atoms. The normalized spacial score (nSPS) is 9.53. The van der Waals surface area contributed by atoms with E-state index in [1.165, 1.54) is 7.11 Å². The molecule has 1 rings (SSSR count). The fourth-order valence-electron chi connectivity index (χ4n) is 1.67. The van der Waals surface area contributed by atoms with Crippen molar-refractivity contribution in [2.45, 2.75) is 20.3 Å². The van der Waals surface area contributed by atoms with E-state index in [4.69, 9.17) is 14.7 Å². The number of esters is 1. The zero-order valence-corrected chi connectivity index (χ0v) is 10.2. The van der Waals surface area contributed by atoms with Crippen LogP contribution in [-0.4, -0.2) is 19.7 Å². The second-order valence-electron chi connectivity index (χ2n) is 3.54. The summed E-state index contributed by atoms with van der Waals surface area (Å²) in [6.45, 7) is 3.94. The molecule has 0 unspecified atom stereocenters. The van der Waals surface area contributed by atoms with Crippen LogP contribution in [0.5, 0.6) is 5.75 Å². The number of hydrogen-bond donors (Lipinski definition) is 0. The van der Waals surface area contributed by atoms with Crippen molar-refractivity contribution in [3.05, 3.63) is 28.8 Å². The fraction of sp³-hybridized carbons (Fsp3) is 0.385. The van der Waals surface area contributed by atoms with E-state index in [1.54, 1.807) is 19.1 Å². The van der Waals surface area contributed by atoms with Crippen molar-refractivity contribution in [2.75, 3.05) is 13.7 Å². The molecular weight excluding hydrogens is 218 g/mol. The second kappa shape index (κ2) is 5.90. The molecule has 0 aromatic heterocycles. The summed E-state index contributed by atoms with van der Waals surface area (Å²) in [7, 11) is 1.53. The Kier molecular flexibility index (Phi) is 4.53. The van der Waals surface area contributed by atoms with Crippen LogP contribution in [0.4, 0.5) is 0 Å². The van der Waals surface area contributed by atoms with E-state index in [0.29, 0.717) is 23.5 Å². The first kappa shape index (κ1) is 13.0. The smallest absolute Gasteiger partial charge is 0.310 e. The molecule has 4 heteroatoms. The number of ether oxygens (including phenoxy) is 2. The Labute approximate surface area is 101 Å². The van der Waals surface area contributed by atoms with Gasteiger partial charge in [-0.1, -0.05) is 6.07 Å². The van der Waals surface area contributed by atoms with Gasteiger partial charge in [0, 0.05) is 5.56 Å². The van der Waals surface area contributed by atoms with Gasteiger partial charge in [0.05, 0.1) is 31.8 Å². The van der Waals surface area contributed by atoms with E-state index in [2.05, 4.69) is 6.07 Å². The third-order valence-electron chi connectivity index (χ3n) is 2.41. The number of hydrogen-bond acceptors (Lipinski definition) is 4. The Morgan fingerprint density at radius 2 is 2.18 bits per heavy atom. The molecular formula is C13H15NO3. The highest BCUT2D eigenvalue weighted by molar-refractivity contribution is 5.75. The molecule has 0 aliphatic heterocycles. The van der Waals surface area contributed by atoms with Crippen LogP contribution < -0.4 is 4.74 Å². The molecule has 0 amide bonds. The van der Waals surface area contributed by atoms with Gasteiger partial charge in [-0.05, 0) is 25.5 Å². The molecule has 0 aliphatic rings. The summed E-state index contributed by atoms with van der Waals surface area (Å²) in [5.41, 5.74) is 1.93. The zero-order chi connectivity index (χ0) is 12.8. The lowest BCUT2D eigenvalue weighted by molar-refractivity contribution is -0.142. The van der Waals surface area contributed by atoms with E-state index in [1.807, 2.05) is 6.92 Å². The number of benzene rings is 1. The van der Waals surface area contributed by atoms with Crippen molar-refractivity contribution >= 4 is 5.97 Å². The Balaban J connectivity index is 3.15. The minimum atomic E-state index is -0.354. The topological polar surface area (TPSA) is 59.3 Å². The number of nitriles is 1. The highest BCUT2D eigenvalue weighted by Gasteiger charge is 2.16. The SMILES string of the molecule is CCOC(=O)Cc1c(C#N)ccc(C)c1OC. The third kappa shape index (κ3) is 2.97. The molecule has 0 saturated heterocycles. The lowest BCUT2D eigenvalue weighted by atomic mass is 10.0. The van der Waals surface area contributed by atoms with Gasteiger partial charge < -0.3 is 9.47 Å². The van der Waals surface area contributed by atoms with Crippen molar-refractivity contribution in [3.63, 3.8) is 0 Å². The van der Waals surface area contributed by atoms with Crippen molar-refractivity contribution in [3.8, 4) is 11.8 Å². The molecule has 4 nitrogen and oxygen atoms in total. The maximum Gasteiger partial charge on any atom is 0.310 e. The molecule has 90 valence electrons. The lowest BCUT2D eigenvalue weighted by Gasteiger charge is -2.12. The molecule has 0 atom stereocenters. The lowest BCUT2D eigenvalue weighted by Crippen LogP contribution is -2.10. The number of carbonyl (C=O) groups excluding carboxylic acids is 1. The van der Waals surface area contributed by atoms with Crippen LogP contribution in [-0.2, 0) is 16.0 Å². The minimum absolute atomic E-state index is 0.0571. The molecule has 1 aromatic carbocycles. The first-order chi connectivity index (χ1) is 8.13. The number of nitrogens with zero attached hydrogens (tertiary/aromatic N) is 1. The maximum absolute atomic E-state index is 11.5. The van der Waals surface area contributed by atoms with E-state index < -0.39 is 0 Å². The summed E-state index contributed by atoms with van der Waals surface area (Å²) in [5.74, 6) is 0.227. The average molecular weight is 233 g/mol. The van der Waals surface area contributed by atoms with Crippen LogP contribution in [0.3, 0.4) is 0 Å². The predicted molar refractivity (Wildman–Crippen MR) is 62.8 cm³/mol. The van der Waals surface area contributed by atoms with Gasteiger partial charge in [-0.25, -0.2) is 0 Å². The third-order valence-corrected chi connectivity index (χ3v) is 2.41. The molecule has 1 aromatic rings. The monoisotopic (exact) mass is 233 g/mol. The summed E-state index contributed by atoms with van der Waals surface area (Å²) >= 11 is 0. The summed E-state index contributed by atoms with van der Waals surface area (Å²) in [6, 6.07) is 5.54. The average Bonchev–Trinajstić information content (AvgIpc) is 2.30. The van der Waals surface area contributed by atoms with Gasteiger partial charge in [-0.2, -0.15) is 5.26 Å². The highest BCUT2D eigenvalue weighted by Crippen LogP contribution is 2.27. The van der Waals surface area contributed by atoms with Crippen LogP contribution >= 0.6 is 0 Å². The maximum atomic E-state index is 11.5. The largest absolute Gasteiger partial charge is 0.496 e. The van der Waals surface area contributed by atoms with Crippen LogP contribution in [0, 0.1) is 18.3 Å². The molecule has 17 heavy (non-hydrogen) atoms. The molecule has 0 fully saturated rings. The van der Waals surface area contributed by atoms with Crippen LogP contribution in [0.25, 0.3) is 0 Å². The van der Waals surface area contributed by atoms with Gasteiger partial charge >= 0.3 is 5.97 Å². The van der Waals surface area contributed by atoms with E-state index in [0.717, 1.165) is 5.56 Å². The summed E-state index contributed by atoms with van der Waals surface area (Å²) < 4.78 is 10.1. The quantitative estimate of drug-likeness (QED) is 0.746. The summed E-state index contributed by atoms with van der Waals surface area (Å²) in [4.78, 5) is 11.5. The van der Waals surface area contributed by atoms with Crippen molar-refractivity contribution in [1.29, 1.82) is 5.26 Å². The molecule has 0 heterocycles. The molecule has 0 radical (unpaired) electrons. The van der Waals surface area contributed by atoms with Gasteiger partial charge in [0.1, 0.15) is 5.75 Å². The zero-order valence-electron chi connectivity index (χ0n) is 10.2. The summed E-state index contributed by atoms with van der Waals surface area (Å²) in [6.07, 6.45) is 0.0571. The fourth-order valence-corrected chi connectivity index (χ4v) is 1.67. The first-order valence-electron chi connectivity index (χ1n) is 5.36. The van der Waals surface area contributed by atoms with Gasteiger partial charge in [-0.15, -0.1) is 0 Å². The van der Waals surface area contributed by atoms with Gasteiger partial charge in [0.25, 0.3) is 0 Å². The van der Waals surface area contributed by atoms with Gasteiger partial charge in [-0.3, -0.25) is 4.79 Å². The van der Waals surface area contributed by atoms with E-state index >= 15 is 0 Å². The number of carbonyl (C=O) groups is 1. The van der Waals surface area contributed by atoms with Crippen LogP contribution in [0.2, 0.25) is 0 Å². The van der Waals surface area contributed by atoms with E-state index in [-0.39, 0.29) is 12.4 Å². The Morgan fingerprint density at radius 1 is 1.47 bits per heavy atom. The standard InChI is InChI=1S/C13H15NO3/c1-4-17-12(15)7-11-10(8-14)6-5-9(2)13(11)16-3/h5-6H,4,7H2,1-3H3. The first-order valence-corrected chi connectivity index (χ1v) is 5.36.